The van der Waals surface area contributed by atoms with Crippen LogP contribution in [0.1, 0.15) is 10.4 Å². The van der Waals surface area contributed by atoms with Crippen LogP contribution in [0.3, 0.4) is 0 Å². The van der Waals surface area contributed by atoms with E-state index in [1.165, 1.54) is 11.3 Å². The van der Waals surface area contributed by atoms with Gasteiger partial charge in [-0.15, -0.1) is 0 Å². The van der Waals surface area contributed by atoms with Gasteiger partial charge >= 0.3 is 0 Å². The Kier molecular flexibility index (Phi) is 4.52. The monoisotopic (exact) mass is 309 g/mol. The van der Waals surface area contributed by atoms with E-state index in [0.717, 1.165) is 5.56 Å². The van der Waals surface area contributed by atoms with E-state index in [9.17, 15) is 9.59 Å². The molecule has 0 bridgehead atoms. The molecule has 21 heavy (non-hydrogen) atoms. The standard InChI is InChI=1S/C14H19N3O3S/c18-13(11-1-8-21-10-11)16-3-5-17(6-4-16)14(19)12-9-20-7-2-15-12/h1,8,10,12,15H,2-7,9H2. The second-order valence-electron chi connectivity index (χ2n) is 5.21. The molecule has 2 saturated heterocycles. The Bertz CT molecular complexity index is 492. The number of piperazine rings is 1. The maximum Gasteiger partial charge on any atom is 0.254 e. The van der Waals surface area contributed by atoms with Crippen LogP contribution in [0, 0.1) is 0 Å². The molecule has 6 nitrogen and oxygen atoms in total. The van der Waals surface area contributed by atoms with E-state index in [1.54, 1.807) is 0 Å². The van der Waals surface area contributed by atoms with Crippen LogP contribution in [-0.2, 0) is 9.53 Å². The number of thiophene rings is 1. The first-order valence-corrected chi connectivity index (χ1v) is 8.11. The number of ether oxygens (including phenoxy) is 1. The van der Waals surface area contributed by atoms with Crippen LogP contribution < -0.4 is 5.32 Å². The lowest BCUT2D eigenvalue weighted by atomic mass is 10.2. The highest BCUT2D eigenvalue weighted by atomic mass is 32.1. The second-order valence-corrected chi connectivity index (χ2v) is 5.99. The Labute approximate surface area is 127 Å². The molecule has 1 atom stereocenters. The molecule has 1 aromatic rings. The van der Waals surface area contributed by atoms with Crippen LogP contribution >= 0.6 is 11.3 Å². The number of rotatable bonds is 2. The van der Waals surface area contributed by atoms with Crippen molar-refractivity contribution in [3.05, 3.63) is 22.4 Å². The molecule has 0 saturated carbocycles. The zero-order valence-electron chi connectivity index (χ0n) is 11.8. The van der Waals surface area contributed by atoms with E-state index in [4.69, 9.17) is 4.74 Å². The fourth-order valence-corrected chi connectivity index (χ4v) is 3.27. The summed E-state index contributed by atoms with van der Waals surface area (Å²) in [6.45, 7) is 4.17. The third-order valence-electron chi connectivity index (χ3n) is 3.87. The Morgan fingerprint density at radius 3 is 2.62 bits per heavy atom. The average molecular weight is 309 g/mol. The van der Waals surface area contributed by atoms with Crippen molar-refractivity contribution in [3.63, 3.8) is 0 Å². The van der Waals surface area contributed by atoms with Gasteiger partial charge in [0, 0.05) is 38.1 Å². The smallest absolute Gasteiger partial charge is 0.254 e. The Morgan fingerprint density at radius 2 is 2.00 bits per heavy atom. The number of nitrogens with one attached hydrogen (secondary N) is 1. The Balaban J connectivity index is 1.52. The highest BCUT2D eigenvalue weighted by molar-refractivity contribution is 7.08. The summed E-state index contributed by atoms with van der Waals surface area (Å²) in [5.41, 5.74) is 0.738. The van der Waals surface area contributed by atoms with Crippen LogP contribution in [0.25, 0.3) is 0 Å². The largest absolute Gasteiger partial charge is 0.378 e. The summed E-state index contributed by atoms with van der Waals surface area (Å²) >= 11 is 1.52. The molecule has 3 heterocycles. The second kappa shape index (κ2) is 6.55. The SMILES string of the molecule is O=C(c1ccsc1)N1CCN(C(=O)C2COCCN2)CC1. The van der Waals surface area contributed by atoms with E-state index >= 15 is 0 Å². The molecule has 2 aliphatic heterocycles. The summed E-state index contributed by atoms with van der Waals surface area (Å²) < 4.78 is 5.33. The van der Waals surface area contributed by atoms with Crippen LogP contribution in [0.15, 0.2) is 16.8 Å². The number of morpholine rings is 1. The summed E-state index contributed by atoms with van der Waals surface area (Å²) in [5, 5.41) is 6.95. The molecule has 7 heteroatoms. The minimum atomic E-state index is -0.238. The quantitative estimate of drug-likeness (QED) is 0.837. The fraction of sp³-hybridized carbons (Fsp3) is 0.571. The summed E-state index contributed by atoms with van der Waals surface area (Å²) in [7, 11) is 0. The predicted molar refractivity (Wildman–Crippen MR) is 79.4 cm³/mol. The van der Waals surface area contributed by atoms with Gasteiger partial charge in [-0.3, -0.25) is 9.59 Å². The molecule has 114 valence electrons. The maximum absolute atomic E-state index is 12.3. The average Bonchev–Trinajstić information content (AvgIpc) is 3.09. The normalized spacial score (nSPS) is 23.1. The number of carbonyl (C=O) groups excluding carboxylic acids is 2. The van der Waals surface area contributed by atoms with E-state index in [-0.39, 0.29) is 17.9 Å². The molecule has 2 aliphatic rings. The van der Waals surface area contributed by atoms with Crippen molar-refractivity contribution in [2.24, 2.45) is 0 Å². The Hall–Kier alpha value is -1.44. The van der Waals surface area contributed by atoms with Gasteiger partial charge in [0.05, 0.1) is 18.8 Å². The van der Waals surface area contributed by atoms with Crippen molar-refractivity contribution < 1.29 is 14.3 Å². The van der Waals surface area contributed by atoms with Crippen molar-refractivity contribution >= 4 is 23.2 Å². The Morgan fingerprint density at radius 1 is 1.24 bits per heavy atom. The fourth-order valence-electron chi connectivity index (χ4n) is 2.64. The highest BCUT2D eigenvalue weighted by Gasteiger charge is 2.30. The van der Waals surface area contributed by atoms with E-state index in [2.05, 4.69) is 5.32 Å². The van der Waals surface area contributed by atoms with Gasteiger partial charge in [0.15, 0.2) is 0 Å². The van der Waals surface area contributed by atoms with E-state index in [0.29, 0.717) is 45.9 Å². The lowest BCUT2D eigenvalue weighted by Crippen LogP contribution is -2.57. The third kappa shape index (κ3) is 3.25. The molecular weight excluding hydrogens is 290 g/mol. The number of amides is 2. The molecule has 2 fully saturated rings. The van der Waals surface area contributed by atoms with Crippen LogP contribution in [0.5, 0.6) is 0 Å². The minimum absolute atomic E-state index is 0.0578. The number of carbonyl (C=O) groups is 2. The van der Waals surface area contributed by atoms with Gasteiger partial charge in [0.1, 0.15) is 6.04 Å². The van der Waals surface area contributed by atoms with Gasteiger partial charge in [-0.05, 0) is 11.4 Å². The van der Waals surface area contributed by atoms with Gasteiger partial charge in [-0.25, -0.2) is 0 Å². The highest BCUT2D eigenvalue weighted by Crippen LogP contribution is 2.12. The summed E-state index contributed by atoms with van der Waals surface area (Å²) in [5.74, 6) is 0.139. The van der Waals surface area contributed by atoms with Gasteiger partial charge < -0.3 is 19.9 Å². The van der Waals surface area contributed by atoms with Gasteiger partial charge in [0.2, 0.25) is 5.91 Å². The van der Waals surface area contributed by atoms with Gasteiger partial charge in [-0.2, -0.15) is 11.3 Å². The minimum Gasteiger partial charge on any atom is -0.378 e. The van der Waals surface area contributed by atoms with Crippen LogP contribution in [0.2, 0.25) is 0 Å². The lowest BCUT2D eigenvalue weighted by Gasteiger charge is -2.37. The van der Waals surface area contributed by atoms with Gasteiger partial charge in [0.25, 0.3) is 5.91 Å². The predicted octanol–water partition coefficient (Wildman–Crippen LogP) is 0.0209. The van der Waals surface area contributed by atoms with Gasteiger partial charge in [-0.1, -0.05) is 0 Å². The van der Waals surface area contributed by atoms with E-state index in [1.807, 2.05) is 26.6 Å². The first-order chi connectivity index (χ1) is 10.3. The third-order valence-corrected chi connectivity index (χ3v) is 4.55. The topological polar surface area (TPSA) is 61.9 Å². The first-order valence-electron chi connectivity index (χ1n) is 7.17. The van der Waals surface area contributed by atoms with Crippen molar-refractivity contribution in [1.82, 2.24) is 15.1 Å². The molecule has 1 N–H and O–H groups in total. The van der Waals surface area contributed by atoms with Crippen LogP contribution in [0.4, 0.5) is 0 Å². The van der Waals surface area contributed by atoms with Crippen molar-refractivity contribution in [2.75, 3.05) is 45.9 Å². The number of hydrogen-bond acceptors (Lipinski definition) is 5. The molecule has 2 amide bonds. The molecule has 0 spiro atoms. The lowest BCUT2D eigenvalue weighted by molar-refractivity contribution is -0.137. The maximum atomic E-state index is 12.3. The summed E-state index contributed by atoms with van der Waals surface area (Å²) in [6.07, 6.45) is 0. The summed E-state index contributed by atoms with van der Waals surface area (Å²) in [6, 6.07) is 1.60. The molecular formula is C14H19N3O3S. The number of hydrogen-bond donors (Lipinski definition) is 1. The summed E-state index contributed by atoms with van der Waals surface area (Å²) in [4.78, 5) is 28.2. The van der Waals surface area contributed by atoms with Crippen LogP contribution in [-0.4, -0.2) is 73.6 Å². The van der Waals surface area contributed by atoms with Crippen molar-refractivity contribution in [3.8, 4) is 0 Å². The molecule has 1 aromatic heterocycles. The first kappa shape index (κ1) is 14.5. The van der Waals surface area contributed by atoms with E-state index < -0.39 is 0 Å². The molecule has 1 unspecified atom stereocenters. The zero-order valence-corrected chi connectivity index (χ0v) is 12.6. The zero-order chi connectivity index (χ0) is 14.7. The molecule has 0 aliphatic carbocycles. The number of nitrogens with zero attached hydrogens (tertiary/aromatic N) is 2. The van der Waals surface area contributed by atoms with Crippen molar-refractivity contribution in [2.45, 2.75) is 6.04 Å². The van der Waals surface area contributed by atoms with Crippen molar-refractivity contribution in [1.29, 1.82) is 0 Å². The molecule has 0 aromatic carbocycles. The molecule has 0 radical (unpaired) electrons. The molecule has 3 rings (SSSR count).